The number of likely N-dealkylation sites (tertiary alicyclic amines) is 1. The Morgan fingerprint density at radius 3 is 2.72 bits per heavy atom. The Labute approximate surface area is 235 Å². The zero-order valence-corrected chi connectivity index (χ0v) is 23.2. The minimum atomic E-state index is -4.69. The second-order valence-corrected chi connectivity index (χ2v) is 9.61. The van der Waals surface area contributed by atoms with Crippen LogP contribution in [0, 0.1) is 0 Å². The fourth-order valence-corrected chi connectivity index (χ4v) is 4.96. The first-order valence-electron chi connectivity index (χ1n) is 11.8. The molecule has 1 unspecified atom stereocenters. The maximum Gasteiger partial charge on any atom is 0.453 e. The van der Waals surface area contributed by atoms with Gasteiger partial charge in [0.05, 0.1) is 25.1 Å². The van der Waals surface area contributed by atoms with E-state index in [1.807, 2.05) is 14.1 Å². The highest BCUT2D eigenvalue weighted by Crippen LogP contribution is 2.40. The number of nitrogens with one attached hydrogen (secondary N) is 1. The van der Waals surface area contributed by atoms with Gasteiger partial charge in [-0.25, -0.2) is 0 Å². The molecule has 3 aromatic rings. The molecule has 1 saturated heterocycles. The van der Waals surface area contributed by atoms with Crippen molar-refractivity contribution in [3.8, 4) is 11.4 Å². The molecule has 0 saturated carbocycles. The average Bonchev–Trinajstić information content (AvgIpc) is 3.59. The van der Waals surface area contributed by atoms with E-state index in [0.29, 0.717) is 35.7 Å². The lowest BCUT2D eigenvalue weighted by Gasteiger charge is -2.38. The summed E-state index contributed by atoms with van der Waals surface area (Å²) >= 11 is 0. The van der Waals surface area contributed by atoms with E-state index in [1.165, 1.54) is 13.2 Å². The number of aromatic nitrogens is 7. The Bertz CT molecular complexity index is 1300. The molecule has 1 N–H and O–H groups in total. The van der Waals surface area contributed by atoms with Gasteiger partial charge in [-0.3, -0.25) is 10.00 Å². The van der Waals surface area contributed by atoms with Gasteiger partial charge in [-0.05, 0) is 73.8 Å². The van der Waals surface area contributed by atoms with Gasteiger partial charge in [0, 0.05) is 25.2 Å². The zero-order chi connectivity index (χ0) is 26.2. The van der Waals surface area contributed by atoms with Crippen LogP contribution in [0.25, 0.3) is 11.3 Å². The quantitative estimate of drug-likeness (QED) is 0.443. The van der Waals surface area contributed by atoms with Gasteiger partial charge < -0.3 is 14.4 Å². The summed E-state index contributed by atoms with van der Waals surface area (Å²) in [6.07, 6.45) is -0.843. The van der Waals surface area contributed by atoms with Gasteiger partial charge in [-0.15, -0.1) is 35.0 Å². The maximum absolute atomic E-state index is 13.4. The molecule has 0 amide bonds. The van der Waals surface area contributed by atoms with Gasteiger partial charge in [-0.1, -0.05) is 5.21 Å². The minimum absolute atomic E-state index is 0. The van der Waals surface area contributed by atoms with Crippen LogP contribution < -0.4 is 4.74 Å². The fraction of sp³-hybridized carbons (Fsp3) is 0.522. The highest BCUT2D eigenvalue weighted by atomic mass is 35.5. The number of halogens is 5. The SMILES string of the molecule is COc1ccc(-n2nnnc2C(F)(F)F)cc1C1=CC2(CCCN(Cc3nn[nH]c3CN(C)C)C2)OC1.Cl.Cl. The predicted molar refractivity (Wildman–Crippen MR) is 140 cm³/mol. The van der Waals surface area contributed by atoms with Crippen molar-refractivity contribution in [2.24, 2.45) is 0 Å². The number of methoxy groups -OCH3 is 1. The molecular weight excluding hydrogens is 562 g/mol. The largest absolute Gasteiger partial charge is 0.496 e. The van der Waals surface area contributed by atoms with E-state index in [4.69, 9.17) is 9.47 Å². The minimum Gasteiger partial charge on any atom is -0.496 e. The summed E-state index contributed by atoms with van der Waals surface area (Å²) in [5, 5.41) is 21.2. The molecule has 0 bridgehead atoms. The van der Waals surface area contributed by atoms with Gasteiger partial charge >= 0.3 is 6.18 Å². The zero-order valence-electron chi connectivity index (χ0n) is 21.6. The Balaban J connectivity index is 0.00000210. The Morgan fingerprint density at radius 2 is 2.00 bits per heavy atom. The van der Waals surface area contributed by atoms with Crippen LogP contribution in [-0.4, -0.2) is 91.9 Å². The number of H-pyrrole nitrogens is 1. The van der Waals surface area contributed by atoms with Crippen molar-refractivity contribution in [2.75, 3.05) is 40.9 Å². The number of hydrogen-bond donors (Lipinski definition) is 1. The van der Waals surface area contributed by atoms with E-state index >= 15 is 0 Å². The first-order chi connectivity index (χ1) is 17.7. The molecule has 1 spiro atoms. The van der Waals surface area contributed by atoms with Crippen LogP contribution in [0.1, 0.15) is 35.6 Å². The third-order valence-corrected chi connectivity index (χ3v) is 6.57. The standard InChI is InChI=1S/C23H28F3N9O2.2ClH/c1-33(2)11-18-19(28-30-27-18)12-34-8-4-7-22(14-34)10-15(13-37-22)17-9-16(5-6-20(17)36-3)35-21(23(24,25)26)29-31-32-35;;/h5-6,9-10H,4,7-8,11-14H2,1-3H3,(H,27,28,30);2*1H. The summed E-state index contributed by atoms with van der Waals surface area (Å²) in [5.74, 6) is -0.665. The van der Waals surface area contributed by atoms with Crippen LogP contribution in [0.15, 0.2) is 24.3 Å². The first kappa shape index (κ1) is 30.8. The molecule has 1 atom stereocenters. The topological polar surface area (TPSA) is 110 Å². The van der Waals surface area contributed by atoms with Crippen LogP contribution in [0.3, 0.4) is 0 Å². The summed E-state index contributed by atoms with van der Waals surface area (Å²) in [5.41, 5.74) is 3.05. The lowest BCUT2D eigenvalue weighted by molar-refractivity contribution is -0.146. The molecule has 39 heavy (non-hydrogen) atoms. The van der Waals surface area contributed by atoms with Crippen molar-refractivity contribution in [2.45, 2.75) is 37.7 Å². The number of benzene rings is 1. The first-order valence-corrected chi connectivity index (χ1v) is 11.8. The van der Waals surface area contributed by atoms with E-state index in [-0.39, 0.29) is 30.5 Å². The van der Waals surface area contributed by atoms with Gasteiger partial charge in [0.2, 0.25) is 0 Å². The molecule has 4 heterocycles. The van der Waals surface area contributed by atoms with E-state index in [1.54, 1.807) is 12.1 Å². The van der Waals surface area contributed by atoms with Crippen LogP contribution in [0.2, 0.25) is 0 Å². The molecule has 1 aromatic carbocycles. The predicted octanol–water partition coefficient (Wildman–Crippen LogP) is 3.16. The molecule has 0 radical (unpaired) electrons. The highest BCUT2D eigenvalue weighted by molar-refractivity contribution is 5.85. The number of tetrazole rings is 1. The fourth-order valence-electron chi connectivity index (χ4n) is 4.96. The summed E-state index contributed by atoms with van der Waals surface area (Å²) < 4.78 is 52.7. The highest BCUT2D eigenvalue weighted by Gasteiger charge is 2.41. The van der Waals surface area contributed by atoms with Crippen molar-refractivity contribution in [3.05, 3.63) is 47.1 Å². The second kappa shape index (κ2) is 12.2. The van der Waals surface area contributed by atoms with Crippen LogP contribution >= 0.6 is 24.8 Å². The van der Waals surface area contributed by atoms with Crippen LogP contribution in [0.4, 0.5) is 13.2 Å². The van der Waals surface area contributed by atoms with E-state index < -0.39 is 17.6 Å². The summed E-state index contributed by atoms with van der Waals surface area (Å²) in [7, 11) is 5.51. The van der Waals surface area contributed by atoms with Crippen molar-refractivity contribution >= 4 is 30.4 Å². The number of alkyl halides is 3. The monoisotopic (exact) mass is 591 g/mol. The van der Waals surface area contributed by atoms with E-state index in [2.05, 4.69) is 46.8 Å². The van der Waals surface area contributed by atoms with Gasteiger partial charge in [0.25, 0.3) is 5.82 Å². The number of rotatable bonds is 7. The molecule has 2 aliphatic heterocycles. The number of aromatic amines is 1. The molecule has 11 nitrogen and oxygen atoms in total. The Hall–Kier alpha value is -2.78. The van der Waals surface area contributed by atoms with Gasteiger partial charge in [-0.2, -0.15) is 17.9 Å². The smallest absolute Gasteiger partial charge is 0.453 e. The van der Waals surface area contributed by atoms with Crippen molar-refractivity contribution in [1.82, 2.24) is 45.4 Å². The summed E-state index contributed by atoms with van der Waals surface area (Å²) in [6, 6.07) is 4.70. The molecule has 2 aromatic heterocycles. The number of piperidine rings is 1. The maximum atomic E-state index is 13.4. The van der Waals surface area contributed by atoms with Crippen molar-refractivity contribution in [3.63, 3.8) is 0 Å². The third kappa shape index (κ3) is 6.52. The molecule has 2 aliphatic rings. The lowest BCUT2D eigenvalue weighted by atomic mass is 9.90. The molecule has 5 rings (SSSR count). The Kier molecular flexibility index (Phi) is 9.60. The molecule has 1 fully saturated rings. The summed E-state index contributed by atoms with van der Waals surface area (Å²) in [6.45, 7) is 3.24. The molecular formula is C23H30Cl2F3N9O2. The van der Waals surface area contributed by atoms with Crippen LogP contribution in [-0.2, 0) is 24.0 Å². The molecule has 214 valence electrons. The third-order valence-electron chi connectivity index (χ3n) is 6.57. The average molecular weight is 592 g/mol. The number of hydrogen-bond acceptors (Lipinski definition) is 9. The normalized spacial score (nSPS) is 19.6. The lowest BCUT2D eigenvalue weighted by Crippen LogP contribution is -2.47. The second-order valence-electron chi connectivity index (χ2n) is 9.61. The van der Waals surface area contributed by atoms with Gasteiger partial charge in [0.15, 0.2) is 0 Å². The Morgan fingerprint density at radius 1 is 1.21 bits per heavy atom. The van der Waals surface area contributed by atoms with Gasteiger partial charge in [0.1, 0.15) is 17.0 Å². The van der Waals surface area contributed by atoms with Crippen molar-refractivity contribution in [1.29, 1.82) is 0 Å². The number of ether oxygens (including phenoxy) is 2. The van der Waals surface area contributed by atoms with Crippen LogP contribution in [0.5, 0.6) is 5.75 Å². The van der Waals surface area contributed by atoms with E-state index in [9.17, 15) is 13.2 Å². The molecule has 16 heteroatoms. The van der Waals surface area contributed by atoms with Crippen molar-refractivity contribution < 1.29 is 22.6 Å². The summed E-state index contributed by atoms with van der Waals surface area (Å²) in [4.78, 5) is 4.35. The number of nitrogens with zero attached hydrogens (tertiary/aromatic N) is 8. The van der Waals surface area contributed by atoms with E-state index in [0.717, 1.165) is 42.9 Å². The molecule has 0 aliphatic carbocycles.